The van der Waals surface area contributed by atoms with Crippen LogP contribution in [0.2, 0.25) is 0 Å². The van der Waals surface area contributed by atoms with Crippen molar-refractivity contribution in [2.24, 2.45) is 5.73 Å². The molecule has 0 aromatic carbocycles. The van der Waals surface area contributed by atoms with E-state index < -0.39 is 0 Å². The largest absolute Gasteiger partial charge is 0.336 e. The molecule has 1 saturated heterocycles. The molecule has 3 heterocycles. The maximum absolute atomic E-state index is 12.3. The van der Waals surface area contributed by atoms with Crippen LogP contribution in [-0.4, -0.2) is 34.9 Å². The average molecular weight is 395 g/mol. The van der Waals surface area contributed by atoms with Crippen LogP contribution in [0.1, 0.15) is 16.9 Å². The summed E-state index contributed by atoms with van der Waals surface area (Å²) in [5.74, 6) is -0.00827. The molecule has 8 heteroatoms. The van der Waals surface area contributed by atoms with E-state index >= 15 is 0 Å². The lowest BCUT2D eigenvalue weighted by molar-refractivity contribution is 0.0786. The van der Waals surface area contributed by atoms with Gasteiger partial charge in [0.1, 0.15) is 10.7 Å². The molecule has 0 spiro atoms. The van der Waals surface area contributed by atoms with Crippen LogP contribution in [0.3, 0.4) is 0 Å². The molecule has 2 N–H and O–H groups in total. The van der Waals surface area contributed by atoms with Crippen LogP contribution < -0.4 is 5.73 Å². The van der Waals surface area contributed by atoms with Gasteiger partial charge >= 0.3 is 0 Å². The van der Waals surface area contributed by atoms with Crippen LogP contribution in [0.5, 0.6) is 0 Å². The number of likely N-dealkylation sites (tertiary alicyclic amines) is 1. The van der Waals surface area contributed by atoms with Crippen molar-refractivity contribution in [3.05, 3.63) is 27.0 Å². The summed E-state index contributed by atoms with van der Waals surface area (Å²) < 4.78 is 1.07. The quantitative estimate of drug-likeness (QED) is 0.850. The number of nitrogens with two attached hydrogens (primary N) is 1. The van der Waals surface area contributed by atoms with Gasteiger partial charge in [-0.05, 0) is 34.5 Å². The SMILES string of the molecule is Cl.N[C@@H]1CCN(C(=O)c2csc(-c3ccc(Br)s3)n2)C1. The van der Waals surface area contributed by atoms with Crippen molar-refractivity contribution >= 4 is 56.9 Å². The third-order valence-corrected chi connectivity index (χ3v) is 5.65. The van der Waals surface area contributed by atoms with Crippen molar-refractivity contribution in [3.63, 3.8) is 0 Å². The molecule has 0 saturated carbocycles. The van der Waals surface area contributed by atoms with Crippen molar-refractivity contribution in [1.82, 2.24) is 9.88 Å². The first-order valence-electron chi connectivity index (χ1n) is 5.89. The number of halogens is 2. The predicted octanol–water partition coefficient (Wildman–Crippen LogP) is 3.23. The molecule has 1 atom stereocenters. The highest BCUT2D eigenvalue weighted by Crippen LogP contribution is 2.33. The molecule has 2 aromatic heterocycles. The first-order valence-corrected chi connectivity index (χ1v) is 8.38. The molecule has 1 amide bonds. The molecule has 1 aliphatic rings. The van der Waals surface area contributed by atoms with Crippen molar-refractivity contribution in [3.8, 4) is 9.88 Å². The van der Waals surface area contributed by atoms with Crippen LogP contribution in [0, 0.1) is 0 Å². The Morgan fingerprint density at radius 3 is 2.90 bits per heavy atom. The molecule has 0 aliphatic carbocycles. The van der Waals surface area contributed by atoms with Gasteiger partial charge in [-0.2, -0.15) is 0 Å². The van der Waals surface area contributed by atoms with Crippen LogP contribution >= 0.6 is 51.0 Å². The van der Waals surface area contributed by atoms with Crippen LogP contribution in [0.25, 0.3) is 9.88 Å². The van der Waals surface area contributed by atoms with E-state index in [0.29, 0.717) is 12.2 Å². The van der Waals surface area contributed by atoms with Gasteiger partial charge in [-0.1, -0.05) is 0 Å². The fourth-order valence-electron chi connectivity index (χ4n) is 2.05. The summed E-state index contributed by atoms with van der Waals surface area (Å²) in [6, 6.07) is 4.10. The van der Waals surface area contributed by atoms with Crippen molar-refractivity contribution in [1.29, 1.82) is 0 Å². The zero-order chi connectivity index (χ0) is 13.4. The number of carbonyl (C=O) groups excluding carboxylic acids is 1. The molecule has 0 radical (unpaired) electrons. The molecule has 4 nitrogen and oxygen atoms in total. The number of hydrogen-bond donors (Lipinski definition) is 1. The maximum atomic E-state index is 12.3. The van der Waals surface area contributed by atoms with Crippen LogP contribution in [0.15, 0.2) is 21.3 Å². The lowest BCUT2D eigenvalue weighted by Crippen LogP contribution is -2.32. The highest BCUT2D eigenvalue weighted by atomic mass is 79.9. The van der Waals surface area contributed by atoms with E-state index in [0.717, 1.165) is 26.6 Å². The molecule has 0 bridgehead atoms. The zero-order valence-electron chi connectivity index (χ0n) is 10.4. The number of thiophene rings is 1. The Hall–Kier alpha value is -0.470. The minimum absolute atomic E-state index is 0. The lowest BCUT2D eigenvalue weighted by Gasteiger charge is -2.13. The number of nitrogens with zero attached hydrogens (tertiary/aromatic N) is 2. The molecule has 1 aliphatic heterocycles. The first kappa shape index (κ1) is 15.9. The van der Waals surface area contributed by atoms with E-state index in [1.807, 2.05) is 17.5 Å². The van der Waals surface area contributed by atoms with Crippen LogP contribution in [0.4, 0.5) is 0 Å². The van der Waals surface area contributed by atoms with E-state index in [1.54, 1.807) is 16.2 Å². The number of thiazole rings is 1. The Bertz CT molecular complexity index is 615. The minimum Gasteiger partial charge on any atom is -0.336 e. The number of rotatable bonds is 2. The third-order valence-electron chi connectivity index (χ3n) is 3.02. The highest BCUT2D eigenvalue weighted by molar-refractivity contribution is 9.11. The second-order valence-corrected chi connectivity index (χ2v) is 7.76. The Labute approximate surface area is 139 Å². The van der Waals surface area contributed by atoms with E-state index in [-0.39, 0.29) is 24.4 Å². The topological polar surface area (TPSA) is 59.2 Å². The van der Waals surface area contributed by atoms with Gasteiger partial charge in [0.2, 0.25) is 0 Å². The molecule has 108 valence electrons. The minimum atomic E-state index is -0.00827. The predicted molar refractivity (Wildman–Crippen MR) is 88.9 cm³/mol. The normalized spacial score (nSPS) is 18.1. The summed E-state index contributed by atoms with van der Waals surface area (Å²) in [5.41, 5.74) is 6.35. The van der Waals surface area contributed by atoms with E-state index in [1.165, 1.54) is 11.3 Å². The number of carbonyl (C=O) groups is 1. The second-order valence-electron chi connectivity index (χ2n) is 4.44. The summed E-state index contributed by atoms with van der Waals surface area (Å²) in [5, 5.41) is 2.72. The lowest BCUT2D eigenvalue weighted by atomic mass is 10.3. The van der Waals surface area contributed by atoms with Crippen molar-refractivity contribution in [2.45, 2.75) is 12.5 Å². The van der Waals surface area contributed by atoms with Crippen LogP contribution in [-0.2, 0) is 0 Å². The molecular weight excluding hydrogens is 382 g/mol. The Morgan fingerprint density at radius 1 is 1.50 bits per heavy atom. The second kappa shape index (κ2) is 6.53. The highest BCUT2D eigenvalue weighted by Gasteiger charge is 2.26. The molecule has 20 heavy (non-hydrogen) atoms. The third kappa shape index (κ3) is 3.23. The molecular formula is C12H13BrClN3OS2. The zero-order valence-corrected chi connectivity index (χ0v) is 14.4. The fraction of sp³-hybridized carbons (Fsp3) is 0.333. The summed E-state index contributed by atoms with van der Waals surface area (Å²) >= 11 is 6.55. The van der Waals surface area contributed by atoms with E-state index in [2.05, 4.69) is 20.9 Å². The summed E-state index contributed by atoms with van der Waals surface area (Å²) in [4.78, 5) is 19.6. The van der Waals surface area contributed by atoms with E-state index in [4.69, 9.17) is 5.73 Å². The fourth-order valence-corrected chi connectivity index (χ4v) is 4.30. The standard InChI is InChI=1S/C12H12BrN3OS2.ClH/c13-10-2-1-9(19-10)11-15-8(6-18-11)12(17)16-4-3-7(14)5-16;/h1-2,6-7H,3-5,14H2;1H/t7-;/m1./s1. The van der Waals surface area contributed by atoms with Gasteiger partial charge in [-0.3, -0.25) is 4.79 Å². The Balaban J connectivity index is 0.00000147. The molecule has 2 aromatic rings. The summed E-state index contributed by atoms with van der Waals surface area (Å²) in [6.45, 7) is 1.37. The van der Waals surface area contributed by atoms with E-state index in [9.17, 15) is 4.79 Å². The molecule has 0 unspecified atom stereocenters. The monoisotopic (exact) mass is 393 g/mol. The average Bonchev–Trinajstić information content (AvgIpc) is 3.07. The van der Waals surface area contributed by atoms with Crippen molar-refractivity contribution in [2.75, 3.05) is 13.1 Å². The van der Waals surface area contributed by atoms with Gasteiger partial charge in [0.05, 0.1) is 8.66 Å². The van der Waals surface area contributed by atoms with Gasteiger partial charge in [-0.15, -0.1) is 35.1 Å². The van der Waals surface area contributed by atoms with Gasteiger partial charge in [0, 0.05) is 24.5 Å². The maximum Gasteiger partial charge on any atom is 0.273 e. The smallest absolute Gasteiger partial charge is 0.273 e. The van der Waals surface area contributed by atoms with Gasteiger partial charge < -0.3 is 10.6 Å². The van der Waals surface area contributed by atoms with Gasteiger partial charge in [0.15, 0.2) is 0 Å². The number of aromatic nitrogens is 1. The van der Waals surface area contributed by atoms with Gasteiger partial charge in [0.25, 0.3) is 5.91 Å². The Kier molecular flexibility index (Phi) is 5.19. The number of hydrogen-bond acceptors (Lipinski definition) is 5. The molecule has 1 fully saturated rings. The molecule has 3 rings (SSSR count). The number of amides is 1. The summed E-state index contributed by atoms with van der Waals surface area (Å²) in [6.07, 6.45) is 0.876. The summed E-state index contributed by atoms with van der Waals surface area (Å²) in [7, 11) is 0. The van der Waals surface area contributed by atoms with Crippen molar-refractivity contribution < 1.29 is 4.79 Å². The Morgan fingerprint density at radius 2 is 2.30 bits per heavy atom. The first-order chi connectivity index (χ1) is 9.13. The van der Waals surface area contributed by atoms with Gasteiger partial charge in [-0.25, -0.2) is 4.98 Å².